The van der Waals surface area contributed by atoms with E-state index in [0.717, 1.165) is 12.8 Å². The molecule has 1 aliphatic carbocycles. The molecule has 0 unspecified atom stereocenters. The van der Waals surface area contributed by atoms with Crippen LogP contribution in [0, 0.1) is 10.1 Å². The second kappa shape index (κ2) is 8.70. The van der Waals surface area contributed by atoms with E-state index in [-0.39, 0.29) is 23.5 Å². The van der Waals surface area contributed by atoms with E-state index in [4.69, 9.17) is 9.47 Å². The molecule has 0 atom stereocenters. The Morgan fingerprint density at radius 3 is 1.93 bits per heavy atom. The summed E-state index contributed by atoms with van der Waals surface area (Å²) in [6.07, 6.45) is 1.82. The molecule has 0 aromatic heterocycles. The Balaban J connectivity index is 1.72. The third-order valence-corrected chi connectivity index (χ3v) is 4.03. The zero-order valence-electron chi connectivity index (χ0n) is 15.7. The van der Waals surface area contributed by atoms with E-state index in [1.807, 2.05) is 20.8 Å². The van der Waals surface area contributed by atoms with Crippen molar-refractivity contribution in [3.8, 4) is 5.75 Å². The lowest BCUT2D eigenvalue weighted by molar-refractivity contribution is -0.384. The van der Waals surface area contributed by atoms with Gasteiger partial charge in [0.15, 0.2) is 0 Å². The molecule has 1 aromatic rings. The summed E-state index contributed by atoms with van der Waals surface area (Å²) < 4.78 is 10.4. The molecule has 2 N–H and O–H groups in total. The van der Waals surface area contributed by atoms with Crippen molar-refractivity contribution in [2.24, 2.45) is 0 Å². The Kier molecular flexibility index (Phi) is 6.59. The van der Waals surface area contributed by atoms with Crippen molar-refractivity contribution in [2.45, 2.75) is 64.1 Å². The van der Waals surface area contributed by atoms with E-state index in [2.05, 4.69) is 10.6 Å². The quantitative estimate of drug-likeness (QED) is 0.610. The van der Waals surface area contributed by atoms with Gasteiger partial charge in [0, 0.05) is 24.2 Å². The summed E-state index contributed by atoms with van der Waals surface area (Å²) >= 11 is 0. The Morgan fingerprint density at radius 2 is 1.48 bits per heavy atom. The highest BCUT2D eigenvalue weighted by Crippen LogP contribution is 2.21. The number of nitrogens with one attached hydrogen (secondary N) is 2. The van der Waals surface area contributed by atoms with Crippen molar-refractivity contribution in [1.82, 2.24) is 10.6 Å². The summed E-state index contributed by atoms with van der Waals surface area (Å²) in [5.41, 5.74) is -0.608. The van der Waals surface area contributed by atoms with E-state index in [1.165, 1.54) is 24.3 Å². The second-order valence-corrected chi connectivity index (χ2v) is 7.48. The predicted molar refractivity (Wildman–Crippen MR) is 97.7 cm³/mol. The summed E-state index contributed by atoms with van der Waals surface area (Å²) in [4.78, 5) is 33.8. The highest BCUT2D eigenvalue weighted by Gasteiger charge is 2.26. The van der Waals surface area contributed by atoms with Gasteiger partial charge >= 0.3 is 12.2 Å². The van der Waals surface area contributed by atoms with Crippen LogP contribution in [-0.4, -0.2) is 34.8 Å². The van der Waals surface area contributed by atoms with E-state index < -0.39 is 22.7 Å². The van der Waals surface area contributed by atoms with Crippen LogP contribution in [0.2, 0.25) is 0 Å². The first kappa shape index (κ1) is 20.5. The number of nitrogens with zero attached hydrogens (tertiary/aromatic N) is 1. The lowest BCUT2D eigenvalue weighted by Crippen LogP contribution is -2.45. The molecule has 0 spiro atoms. The number of rotatable bonds is 4. The second-order valence-electron chi connectivity index (χ2n) is 7.48. The predicted octanol–water partition coefficient (Wildman–Crippen LogP) is 3.52. The molecule has 0 aliphatic heterocycles. The van der Waals surface area contributed by atoms with Crippen molar-refractivity contribution in [3.63, 3.8) is 0 Å². The number of non-ortho nitro benzene ring substituents is 1. The van der Waals surface area contributed by atoms with Crippen LogP contribution in [0.25, 0.3) is 0 Å². The van der Waals surface area contributed by atoms with Crippen LogP contribution in [0.3, 0.4) is 0 Å². The average molecular weight is 379 g/mol. The first-order valence-electron chi connectivity index (χ1n) is 8.85. The zero-order valence-corrected chi connectivity index (χ0v) is 15.7. The van der Waals surface area contributed by atoms with Crippen molar-refractivity contribution in [3.05, 3.63) is 34.4 Å². The largest absolute Gasteiger partial charge is 0.444 e. The van der Waals surface area contributed by atoms with Gasteiger partial charge in [-0.2, -0.15) is 0 Å². The molecular formula is C18H25N3O6. The normalized spacial score (nSPS) is 19.7. The maximum absolute atomic E-state index is 12.0. The Bertz CT molecular complexity index is 675. The molecule has 1 fully saturated rings. The van der Waals surface area contributed by atoms with Crippen LogP contribution in [-0.2, 0) is 4.74 Å². The fourth-order valence-corrected chi connectivity index (χ4v) is 2.80. The summed E-state index contributed by atoms with van der Waals surface area (Å²) in [6, 6.07) is 5.27. The third kappa shape index (κ3) is 7.12. The maximum atomic E-state index is 12.0. The van der Waals surface area contributed by atoms with Gasteiger partial charge in [-0.25, -0.2) is 9.59 Å². The number of hydrogen-bond acceptors (Lipinski definition) is 6. The maximum Gasteiger partial charge on any atom is 0.412 e. The van der Waals surface area contributed by atoms with Crippen LogP contribution in [0.15, 0.2) is 24.3 Å². The number of hydrogen-bond donors (Lipinski definition) is 2. The van der Waals surface area contributed by atoms with Gasteiger partial charge in [0.25, 0.3) is 5.69 Å². The number of nitro benzene ring substituents is 1. The molecule has 0 saturated heterocycles. The first-order chi connectivity index (χ1) is 12.6. The van der Waals surface area contributed by atoms with E-state index in [9.17, 15) is 19.7 Å². The van der Waals surface area contributed by atoms with Crippen LogP contribution < -0.4 is 15.4 Å². The number of carbonyl (C=O) groups is 2. The molecule has 0 heterocycles. The highest BCUT2D eigenvalue weighted by molar-refractivity contribution is 5.71. The molecule has 9 nitrogen and oxygen atoms in total. The van der Waals surface area contributed by atoms with E-state index >= 15 is 0 Å². The van der Waals surface area contributed by atoms with Crippen LogP contribution in [0.5, 0.6) is 5.75 Å². The Hall–Kier alpha value is -2.84. The standard InChI is InChI=1S/C18H25N3O6/c1-18(2,3)27-17(23)20-13-6-4-12(5-7-13)19-16(22)26-15-10-8-14(9-11-15)21(24)25/h8-13H,4-7H2,1-3H3,(H,19,22)(H,20,23)/t12-,13-. The lowest BCUT2D eigenvalue weighted by atomic mass is 9.91. The SMILES string of the molecule is CC(C)(C)OC(=O)N[C@H]1CC[C@H](NC(=O)Oc2ccc([N+](=O)[O-])cc2)CC1. The number of benzene rings is 1. The lowest BCUT2D eigenvalue weighted by Gasteiger charge is -2.30. The van der Waals surface area contributed by atoms with Gasteiger partial charge < -0.3 is 20.1 Å². The van der Waals surface area contributed by atoms with Crippen LogP contribution in [0.1, 0.15) is 46.5 Å². The van der Waals surface area contributed by atoms with Crippen molar-refractivity contribution in [2.75, 3.05) is 0 Å². The molecule has 1 aromatic carbocycles. The van der Waals surface area contributed by atoms with Crippen LogP contribution in [0.4, 0.5) is 15.3 Å². The molecule has 2 rings (SSSR count). The minimum Gasteiger partial charge on any atom is -0.444 e. The van der Waals surface area contributed by atoms with E-state index in [1.54, 1.807) is 0 Å². The number of amides is 2. The first-order valence-corrected chi connectivity index (χ1v) is 8.85. The van der Waals surface area contributed by atoms with Crippen molar-refractivity contribution >= 4 is 17.9 Å². The van der Waals surface area contributed by atoms with E-state index in [0.29, 0.717) is 12.8 Å². The molecule has 1 saturated carbocycles. The fraction of sp³-hybridized carbons (Fsp3) is 0.556. The van der Waals surface area contributed by atoms with Gasteiger partial charge in [0.2, 0.25) is 0 Å². The smallest absolute Gasteiger partial charge is 0.412 e. The Labute approximate surface area is 157 Å². The molecule has 0 bridgehead atoms. The number of ether oxygens (including phenoxy) is 2. The molecule has 0 radical (unpaired) electrons. The number of alkyl carbamates (subject to hydrolysis) is 1. The summed E-state index contributed by atoms with van der Waals surface area (Å²) in [7, 11) is 0. The van der Waals surface area contributed by atoms with Gasteiger partial charge in [0.1, 0.15) is 11.4 Å². The number of nitro groups is 1. The summed E-state index contributed by atoms with van der Waals surface area (Å²) in [6.45, 7) is 5.43. The van der Waals surface area contributed by atoms with Gasteiger partial charge in [-0.05, 0) is 58.6 Å². The molecular weight excluding hydrogens is 354 g/mol. The Morgan fingerprint density at radius 1 is 1.00 bits per heavy atom. The average Bonchev–Trinajstić information content (AvgIpc) is 2.55. The number of carbonyl (C=O) groups excluding carboxylic acids is 2. The molecule has 2 amide bonds. The van der Waals surface area contributed by atoms with Gasteiger partial charge in [-0.1, -0.05) is 0 Å². The third-order valence-electron chi connectivity index (χ3n) is 4.03. The fourth-order valence-electron chi connectivity index (χ4n) is 2.80. The van der Waals surface area contributed by atoms with Gasteiger partial charge in [-0.15, -0.1) is 0 Å². The minimum atomic E-state index is -0.604. The van der Waals surface area contributed by atoms with Crippen molar-refractivity contribution in [1.29, 1.82) is 0 Å². The molecule has 27 heavy (non-hydrogen) atoms. The highest BCUT2D eigenvalue weighted by atomic mass is 16.6. The van der Waals surface area contributed by atoms with Crippen LogP contribution >= 0.6 is 0 Å². The topological polar surface area (TPSA) is 120 Å². The summed E-state index contributed by atoms with van der Waals surface area (Å²) in [5, 5.41) is 16.2. The molecule has 1 aliphatic rings. The zero-order chi connectivity index (χ0) is 20.0. The van der Waals surface area contributed by atoms with Gasteiger partial charge in [-0.3, -0.25) is 10.1 Å². The monoisotopic (exact) mass is 379 g/mol. The molecule has 9 heteroatoms. The van der Waals surface area contributed by atoms with Crippen molar-refractivity contribution < 1.29 is 24.0 Å². The van der Waals surface area contributed by atoms with Gasteiger partial charge in [0.05, 0.1) is 4.92 Å². The minimum absolute atomic E-state index is 0.0172. The molecule has 148 valence electrons. The summed E-state index contributed by atoms with van der Waals surface area (Å²) in [5.74, 6) is 0.235.